The molecular weight excluding hydrogens is 178 g/mol. The van der Waals surface area contributed by atoms with E-state index in [1.807, 2.05) is 18.7 Å². The zero-order chi connectivity index (χ0) is 10.1. The minimum atomic E-state index is 0.700. The van der Waals surface area contributed by atoms with Gasteiger partial charge in [-0.25, -0.2) is 4.98 Å². The third-order valence-electron chi connectivity index (χ3n) is 2.56. The van der Waals surface area contributed by atoms with Gasteiger partial charge in [-0.1, -0.05) is 0 Å². The molecule has 2 heterocycles. The van der Waals surface area contributed by atoms with E-state index in [9.17, 15) is 0 Å². The number of nitrogens with one attached hydrogen (secondary N) is 1. The van der Waals surface area contributed by atoms with E-state index in [4.69, 9.17) is 9.83 Å². The van der Waals surface area contributed by atoms with Gasteiger partial charge in [-0.3, -0.25) is 5.41 Å². The average molecular weight is 193 g/mol. The second kappa shape index (κ2) is 3.44. The van der Waals surface area contributed by atoms with E-state index in [1.165, 1.54) is 0 Å². The van der Waals surface area contributed by atoms with Gasteiger partial charge in [0.15, 0.2) is 5.89 Å². The lowest BCUT2D eigenvalue weighted by atomic mass is 10.3. The van der Waals surface area contributed by atoms with Crippen LogP contribution >= 0.6 is 0 Å². The Morgan fingerprint density at radius 2 is 2.29 bits per heavy atom. The first-order valence-corrected chi connectivity index (χ1v) is 4.92. The van der Waals surface area contributed by atoms with Crippen LogP contribution in [-0.2, 0) is 6.54 Å². The Morgan fingerprint density at radius 1 is 1.50 bits per heavy atom. The van der Waals surface area contributed by atoms with Crippen LogP contribution in [0.1, 0.15) is 30.2 Å². The molecule has 0 amide bonds. The SMILES string of the molecule is Cc1nc(C)c(CN2CCCC2=N)o1. The van der Waals surface area contributed by atoms with Gasteiger partial charge in [0.05, 0.1) is 18.1 Å². The molecule has 1 aliphatic heterocycles. The number of rotatable bonds is 2. The molecule has 0 radical (unpaired) electrons. The molecule has 14 heavy (non-hydrogen) atoms. The molecule has 1 saturated heterocycles. The maximum atomic E-state index is 7.70. The predicted octanol–water partition coefficient (Wildman–Crippen LogP) is 1.86. The quantitative estimate of drug-likeness (QED) is 0.780. The molecule has 1 N–H and O–H groups in total. The van der Waals surface area contributed by atoms with Crippen molar-refractivity contribution in [3.8, 4) is 0 Å². The fourth-order valence-corrected chi connectivity index (χ4v) is 1.80. The summed E-state index contributed by atoms with van der Waals surface area (Å²) in [6.07, 6.45) is 1.98. The van der Waals surface area contributed by atoms with Crippen LogP contribution in [0.2, 0.25) is 0 Å². The molecule has 4 heteroatoms. The fraction of sp³-hybridized carbons (Fsp3) is 0.600. The lowest BCUT2D eigenvalue weighted by Crippen LogP contribution is -2.23. The molecule has 4 nitrogen and oxygen atoms in total. The van der Waals surface area contributed by atoms with Crippen LogP contribution in [0.4, 0.5) is 0 Å². The zero-order valence-corrected chi connectivity index (χ0v) is 8.63. The molecule has 1 fully saturated rings. The van der Waals surface area contributed by atoms with Crippen molar-refractivity contribution < 1.29 is 4.42 Å². The van der Waals surface area contributed by atoms with Crippen LogP contribution in [0.5, 0.6) is 0 Å². The summed E-state index contributed by atoms with van der Waals surface area (Å²) < 4.78 is 5.48. The third-order valence-corrected chi connectivity index (χ3v) is 2.56. The van der Waals surface area contributed by atoms with Crippen LogP contribution in [-0.4, -0.2) is 22.3 Å². The van der Waals surface area contributed by atoms with E-state index in [-0.39, 0.29) is 0 Å². The summed E-state index contributed by atoms with van der Waals surface area (Å²) in [5.74, 6) is 2.33. The maximum absolute atomic E-state index is 7.70. The minimum Gasteiger partial charge on any atom is -0.444 e. The second-order valence-corrected chi connectivity index (χ2v) is 3.71. The Hall–Kier alpha value is -1.32. The highest BCUT2D eigenvalue weighted by Gasteiger charge is 2.19. The van der Waals surface area contributed by atoms with Gasteiger partial charge in [0.1, 0.15) is 5.76 Å². The highest BCUT2D eigenvalue weighted by Crippen LogP contribution is 2.17. The Bertz CT molecular complexity index is 356. The molecule has 2 rings (SSSR count). The van der Waals surface area contributed by atoms with E-state index in [0.717, 1.165) is 36.7 Å². The number of nitrogens with zero attached hydrogens (tertiary/aromatic N) is 2. The Labute approximate surface area is 83.4 Å². The van der Waals surface area contributed by atoms with Crippen molar-refractivity contribution in [2.24, 2.45) is 0 Å². The highest BCUT2D eigenvalue weighted by atomic mass is 16.4. The summed E-state index contributed by atoms with van der Waals surface area (Å²) in [4.78, 5) is 6.26. The maximum Gasteiger partial charge on any atom is 0.191 e. The van der Waals surface area contributed by atoms with E-state index >= 15 is 0 Å². The van der Waals surface area contributed by atoms with Gasteiger partial charge in [-0.2, -0.15) is 0 Å². The van der Waals surface area contributed by atoms with Gasteiger partial charge in [-0.05, 0) is 13.3 Å². The summed E-state index contributed by atoms with van der Waals surface area (Å²) in [6, 6.07) is 0. The van der Waals surface area contributed by atoms with Gasteiger partial charge >= 0.3 is 0 Å². The normalized spacial score (nSPS) is 16.7. The summed E-state index contributed by atoms with van der Waals surface area (Å²) in [5.41, 5.74) is 0.946. The Morgan fingerprint density at radius 3 is 2.79 bits per heavy atom. The van der Waals surface area contributed by atoms with Crippen LogP contribution in [0.25, 0.3) is 0 Å². The van der Waals surface area contributed by atoms with Crippen molar-refractivity contribution in [2.75, 3.05) is 6.54 Å². The van der Waals surface area contributed by atoms with Crippen molar-refractivity contribution >= 4 is 5.84 Å². The highest BCUT2D eigenvalue weighted by molar-refractivity contribution is 5.80. The first-order valence-electron chi connectivity index (χ1n) is 4.92. The zero-order valence-electron chi connectivity index (χ0n) is 8.63. The lowest BCUT2D eigenvalue weighted by Gasteiger charge is -2.15. The molecule has 0 bridgehead atoms. The van der Waals surface area contributed by atoms with Crippen molar-refractivity contribution in [2.45, 2.75) is 33.2 Å². The lowest BCUT2D eigenvalue weighted by molar-refractivity contribution is 0.371. The van der Waals surface area contributed by atoms with Gasteiger partial charge in [0.25, 0.3) is 0 Å². The van der Waals surface area contributed by atoms with E-state index in [0.29, 0.717) is 12.4 Å². The van der Waals surface area contributed by atoms with E-state index in [2.05, 4.69) is 4.98 Å². The number of aryl methyl sites for hydroxylation is 2. The van der Waals surface area contributed by atoms with Gasteiger partial charge in [0, 0.05) is 19.9 Å². The average Bonchev–Trinajstić information content (AvgIpc) is 2.62. The molecular formula is C10H15N3O. The molecule has 1 aliphatic rings. The first kappa shape index (κ1) is 9.24. The molecule has 76 valence electrons. The van der Waals surface area contributed by atoms with Crippen molar-refractivity contribution in [1.82, 2.24) is 9.88 Å². The van der Waals surface area contributed by atoms with Gasteiger partial charge in [-0.15, -0.1) is 0 Å². The number of amidine groups is 1. The van der Waals surface area contributed by atoms with Crippen LogP contribution in [0, 0.1) is 19.3 Å². The number of likely N-dealkylation sites (tertiary alicyclic amines) is 1. The molecule has 0 unspecified atom stereocenters. The first-order chi connectivity index (χ1) is 6.66. The van der Waals surface area contributed by atoms with Gasteiger partial charge < -0.3 is 9.32 Å². The second-order valence-electron chi connectivity index (χ2n) is 3.71. The van der Waals surface area contributed by atoms with E-state index < -0.39 is 0 Å². The molecule has 0 atom stereocenters. The molecule has 1 aromatic heterocycles. The molecule has 1 aromatic rings. The van der Waals surface area contributed by atoms with Crippen molar-refractivity contribution in [3.05, 3.63) is 17.3 Å². The number of oxazole rings is 1. The largest absolute Gasteiger partial charge is 0.444 e. The van der Waals surface area contributed by atoms with Crippen molar-refractivity contribution in [1.29, 1.82) is 5.41 Å². The Kier molecular flexibility index (Phi) is 2.27. The van der Waals surface area contributed by atoms with Gasteiger partial charge in [0.2, 0.25) is 0 Å². The summed E-state index contributed by atoms with van der Waals surface area (Å²) in [6.45, 7) is 5.47. The smallest absolute Gasteiger partial charge is 0.191 e. The van der Waals surface area contributed by atoms with Crippen LogP contribution in [0.3, 0.4) is 0 Å². The van der Waals surface area contributed by atoms with Crippen LogP contribution in [0.15, 0.2) is 4.42 Å². The topological polar surface area (TPSA) is 53.1 Å². The summed E-state index contributed by atoms with van der Waals surface area (Å²) >= 11 is 0. The number of hydrogen-bond acceptors (Lipinski definition) is 3. The molecule has 0 aromatic carbocycles. The number of hydrogen-bond donors (Lipinski definition) is 1. The van der Waals surface area contributed by atoms with Crippen molar-refractivity contribution in [3.63, 3.8) is 0 Å². The van der Waals surface area contributed by atoms with Crippen LogP contribution < -0.4 is 0 Å². The molecule has 0 saturated carbocycles. The predicted molar refractivity (Wildman–Crippen MR) is 53.3 cm³/mol. The summed E-state index contributed by atoms with van der Waals surface area (Å²) in [5, 5.41) is 7.70. The third kappa shape index (κ3) is 1.64. The monoisotopic (exact) mass is 193 g/mol. The molecule has 0 spiro atoms. The minimum absolute atomic E-state index is 0.700. The number of aromatic nitrogens is 1. The summed E-state index contributed by atoms with van der Waals surface area (Å²) in [7, 11) is 0. The molecule has 0 aliphatic carbocycles. The van der Waals surface area contributed by atoms with E-state index in [1.54, 1.807) is 0 Å². The fourth-order valence-electron chi connectivity index (χ4n) is 1.80. The Balaban J connectivity index is 2.10. The standard InChI is InChI=1S/C10H15N3O/c1-7-9(14-8(2)12-7)6-13-5-3-4-10(13)11/h11H,3-6H2,1-2H3.